The molecule has 1 heterocycles. The van der Waals surface area contributed by atoms with Crippen molar-refractivity contribution in [1.82, 2.24) is 5.32 Å². The second kappa shape index (κ2) is 4.70. The van der Waals surface area contributed by atoms with E-state index in [-0.39, 0.29) is 0 Å². The monoisotopic (exact) mass is 260 g/mol. The first-order valence-electron chi connectivity index (χ1n) is 4.94. The molecule has 0 aromatic carbocycles. The number of Topliss-reactive ketones (excluding diaryl/α,β-unsaturated/α-hetero) is 1. The molecule has 1 rings (SSSR count). The van der Waals surface area contributed by atoms with Crippen LogP contribution in [0.15, 0.2) is 0 Å². The molecule has 1 saturated heterocycles. The molecule has 0 spiro atoms. The van der Waals surface area contributed by atoms with E-state index in [1.54, 1.807) is 0 Å². The largest absolute Gasteiger partial charge is 0.480 e. The Morgan fingerprint density at radius 2 is 1.78 bits per heavy atom. The molecule has 1 aliphatic heterocycles. The zero-order valence-electron chi connectivity index (χ0n) is 9.12. The van der Waals surface area contributed by atoms with Gasteiger partial charge in [-0.2, -0.15) is 0 Å². The third-order valence-electron chi connectivity index (χ3n) is 2.93. The summed E-state index contributed by atoms with van der Waals surface area (Å²) in [6, 6.07) is -3.21. The van der Waals surface area contributed by atoms with Crippen LogP contribution in [-0.4, -0.2) is 57.6 Å². The minimum absolute atomic E-state index is 0.459. The number of carbonyl (C=O) groups excluding carboxylic acids is 1. The van der Waals surface area contributed by atoms with E-state index in [0.29, 0.717) is 0 Å². The summed E-state index contributed by atoms with van der Waals surface area (Å²) in [5.41, 5.74) is 2.99. The summed E-state index contributed by atoms with van der Waals surface area (Å²) in [6.07, 6.45) is -0.530. The maximum absolute atomic E-state index is 11.8. The predicted octanol–water partition coefficient (Wildman–Crippen LogP) is -2.52. The lowest BCUT2D eigenvalue weighted by Crippen LogP contribution is -2.52. The van der Waals surface area contributed by atoms with Gasteiger partial charge in [0.2, 0.25) is 0 Å². The first kappa shape index (κ1) is 14.1. The third-order valence-corrected chi connectivity index (χ3v) is 2.93. The molecular weight excluding hydrogens is 248 g/mol. The van der Waals surface area contributed by atoms with Gasteiger partial charge >= 0.3 is 17.9 Å². The van der Waals surface area contributed by atoms with Gasteiger partial charge in [-0.1, -0.05) is 0 Å². The molecule has 1 unspecified atom stereocenters. The summed E-state index contributed by atoms with van der Waals surface area (Å²) in [4.78, 5) is 44.3. The van der Waals surface area contributed by atoms with Crippen molar-refractivity contribution in [3.63, 3.8) is 0 Å². The average molecular weight is 260 g/mol. The molecule has 9 nitrogen and oxygen atoms in total. The molecule has 100 valence electrons. The highest BCUT2D eigenvalue weighted by Gasteiger charge is 2.55. The second-order valence-corrected chi connectivity index (χ2v) is 4.04. The number of rotatable bonds is 5. The van der Waals surface area contributed by atoms with Crippen LogP contribution in [0, 0.1) is 5.41 Å². The Kier molecular flexibility index (Phi) is 3.67. The highest BCUT2D eigenvalue weighted by molar-refractivity contribution is 6.14. The molecule has 1 aliphatic rings. The standard InChI is InChI=1S/C9H12N2O7/c10-4(7(15)16)5(12)9(8(17)18)1-3(6(13)14)11-2-9/h3-4,11H,1-2,10H2,(H,13,14)(H,15,16)(H,17,18)/t3-,4?,9+/m1/s1. The third kappa shape index (κ3) is 2.17. The van der Waals surface area contributed by atoms with E-state index in [1.807, 2.05) is 0 Å². The van der Waals surface area contributed by atoms with Crippen LogP contribution in [0.3, 0.4) is 0 Å². The highest BCUT2D eigenvalue weighted by atomic mass is 16.4. The average Bonchev–Trinajstić information content (AvgIpc) is 2.73. The number of nitrogens with one attached hydrogen (secondary N) is 1. The fraction of sp³-hybridized carbons (Fsp3) is 0.556. The molecule has 0 radical (unpaired) electrons. The molecule has 1 fully saturated rings. The van der Waals surface area contributed by atoms with Crippen LogP contribution < -0.4 is 11.1 Å². The van der Waals surface area contributed by atoms with E-state index in [4.69, 9.17) is 21.1 Å². The van der Waals surface area contributed by atoms with Gasteiger partial charge in [-0.25, -0.2) is 0 Å². The van der Waals surface area contributed by atoms with Crippen LogP contribution in [0.4, 0.5) is 0 Å². The van der Waals surface area contributed by atoms with E-state index < -0.39 is 54.2 Å². The molecule has 0 saturated carbocycles. The van der Waals surface area contributed by atoms with E-state index in [1.165, 1.54) is 0 Å². The maximum atomic E-state index is 11.8. The minimum Gasteiger partial charge on any atom is -0.480 e. The van der Waals surface area contributed by atoms with E-state index in [0.717, 1.165) is 0 Å². The van der Waals surface area contributed by atoms with Crippen molar-refractivity contribution >= 4 is 23.7 Å². The zero-order chi connectivity index (χ0) is 14.1. The SMILES string of the molecule is NC(C(=O)O)C(=O)[C@@]1(C(=O)O)CN[C@@H](C(=O)O)C1. The van der Waals surface area contributed by atoms with Gasteiger partial charge in [-0.15, -0.1) is 0 Å². The molecule has 3 atom stereocenters. The van der Waals surface area contributed by atoms with Gasteiger partial charge in [-0.3, -0.25) is 19.2 Å². The van der Waals surface area contributed by atoms with Crippen LogP contribution in [0.5, 0.6) is 0 Å². The Bertz CT molecular complexity index is 421. The summed E-state index contributed by atoms with van der Waals surface area (Å²) in [6.45, 7) is -0.459. The highest BCUT2D eigenvalue weighted by Crippen LogP contribution is 2.31. The number of hydrogen-bond donors (Lipinski definition) is 5. The van der Waals surface area contributed by atoms with Crippen molar-refractivity contribution in [1.29, 1.82) is 0 Å². The van der Waals surface area contributed by atoms with Gasteiger partial charge < -0.3 is 26.4 Å². The van der Waals surface area contributed by atoms with Crippen molar-refractivity contribution in [2.24, 2.45) is 11.1 Å². The number of hydrogen-bond acceptors (Lipinski definition) is 6. The van der Waals surface area contributed by atoms with Gasteiger partial charge in [0.05, 0.1) is 0 Å². The van der Waals surface area contributed by atoms with E-state index in [9.17, 15) is 19.2 Å². The Morgan fingerprint density at radius 1 is 1.22 bits per heavy atom. The summed E-state index contributed by atoms with van der Waals surface area (Å²) < 4.78 is 0. The van der Waals surface area contributed by atoms with Crippen LogP contribution in [0.25, 0.3) is 0 Å². The molecule has 6 N–H and O–H groups in total. The molecular formula is C9H12N2O7. The predicted molar refractivity (Wildman–Crippen MR) is 54.7 cm³/mol. The smallest absolute Gasteiger partial charge is 0.328 e. The number of nitrogens with two attached hydrogens (primary N) is 1. The van der Waals surface area contributed by atoms with E-state index >= 15 is 0 Å². The van der Waals surface area contributed by atoms with Gasteiger partial charge in [-0.05, 0) is 6.42 Å². The van der Waals surface area contributed by atoms with Crippen LogP contribution >= 0.6 is 0 Å². The van der Waals surface area contributed by atoms with Crippen molar-refractivity contribution in [2.45, 2.75) is 18.5 Å². The molecule has 9 heteroatoms. The molecule has 0 aliphatic carbocycles. The Hall–Kier alpha value is -2.00. The number of aliphatic carboxylic acids is 3. The summed E-state index contributed by atoms with van der Waals surface area (Å²) in [5.74, 6) is -5.76. The number of carboxylic acids is 3. The van der Waals surface area contributed by atoms with Crippen LogP contribution in [0.2, 0.25) is 0 Å². The van der Waals surface area contributed by atoms with Gasteiger partial charge in [0.1, 0.15) is 11.5 Å². The maximum Gasteiger partial charge on any atom is 0.328 e. The number of carboxylic acid groups (broad SMARTS) is 3. The normalized spacial score (nSPS) is 28.6. The van der Waals surface area contributed by atoms with Crippen molar-refractivity contribution in [3.8, 4) is 0 Å². The molecule has 0 bridgehead atoms. The fourth-order valence-electron chi connectivity index (χ4n) is 1.83. The molecule has 0 aromatic heterocycles. The van der Waals surface area contributed by atoms with Crippen molar-refractivity contribution in [2.75, 3.05) is 6.54 Å². The van der Waals surface area contributed by atoms with Crippen LogP contribution in [0.1, 0.15) is 6.42 Å². The van der Waals surface area contributed by atoms with Crippen LogP contribution in [-0.2, 0) is 19.2 Å². The summed E-state index contributed by atoms with van der Waals surface area (Å²) >= 11 is 0. The molecule has 0 aromatic rings. The summed E-state index contributed by atoms with van der Waals surface area (Å²) in [7, 11) is 0. The lowest BCUT2D eigenvalue weighted by Gasteiger charge is -2.23. The van der Waals surface area contributed by atoms with Gasteiger partial charge in [0.15, 0.2) is 11.8 Å². The molecule has 18 heavy (non-hydrogen) atoms. The Labute approximate surface area is 101 Å². The van der Waals surface area contributed by atoms with Crippen molar-refractivity contribution in [3.05, 3.63) is 0 Å². The lowest BCUT2D eigenvalue weighted by atomic mass is 9.78. The fourth-order valence-corrected chi connectivity index (χ4v) is 1.83. The first-order chi connectivity index (χ1) is 8.22. The number of carbonyl (C=O) groups is 4. The first-order valence-corrected chi connectivity index (χ1v) is 4.94. The Morgan fingerprint density at radius 3 is 2.11 bits per heavy atom. The quantitative estimate of drug-likeness (QED) is 0.335. The molecule has 0 amide bonds. The van der Waals surface area contributed by atoms with Gasteiger partial charge in [0, 0.05) is 6.54 Å². The topological polar surface area (TPSA) is 167 Å². The zero-order valence-corrected chi connectivity index (χ0v) is 9.12. The Balaban J connectivity index is 3.04. The van der Waals surface area contributed by atoms with Gasteiger partial charge in [0.25, 0.3) is 0 Å². The van der Waals surface area contributed by atoms with Crippen molar-refractivity contribution < 1.29 is 34.5 Å². The summed E-state index contributed by atoms with van der Waals surface area (Å²) in [5, 5.41) is 28.8. The van der Waals surface area contributed by atoms with E-state index in [2.05, 4.69) is 5.32 Å². The minimum atomic E-state index is -2.11. The number of ketones is 1. The lowest BCUT2D eigenvalue weighted by molar-refractivity contribution is -0.156. The second-order valence-electron chi connectivity index (χ2n) is 4.04.